The van der Waals surface area contributed by atoms with Gasteiger partial charge in [0.25, 0.3) is 5.88 Å². The third-order valence-electron chi connectivity index (χ3n) is 11.8. The van der Waals surface area contributed by atoms with Crippen LogP contribution in [0.15, 0.2) is 75.2 Å². The molecule has 0 aliphatic heterocycles. The molecule has 3 aromatic carbocycles. The van der Waals surface area contributed by atoms with Crippen LogP contribution in [0.4, 0.5) is 4.39 Å². The minimum atomic E-state index is -2.96. The van der Waals surface area contributed by atoms with Gasteiger partial charge in [-0.15, -0.1) is 0 Å². The first-order valence-electron chi connectivity index (χ1n) is 18.4. The molecule has 0 saturated heterocycles. The number of aliphatic hydroxyl groups excluding tert-OH is 2. The molecule has 2 N–H and O–H groups in total. The van der Waals surface area contributed by atoms with E-state index in [1.54, 1.807) is 0 Å². The lowest BCUT2D eigenvalue weighted by molar-refractivity contribution is -0.140. The lowest BCUT2D eigenvalue weighted by atomic mass is 9.57. The summed E-state index contributed by atoms with van der Waals surface area (Å²) < 4.78 is 42.1. The molecule has 3 aliphatic carbocycles. The van der Waals surface area contributed by atoms with Crippen LogP contribution in [0.5, 0.6) is 11.6 Å². The Morgan fingerprint density at radius 3 is 2.15 bits per heavy atom. The van der Waals surface area contributed by atoms with Crippen LogP contribution in [0.1, 0.15) is 77.2 Å². The molecule has 13 heteroatoms. The average Bonchev–Trinajstić information content (AvgIpc) is 3.56. The first-order valence-corrected chi connectivity index (χ1v) is 22.1. The van der Waals surface area contributed by atoms with E-state index in [0.717, 1.165) is 11.1 Å². The summed E-state index contributed by atoms with van der Waals surface area (Å²) in [4.78, 5) is 33.0. The Balaban J connectivity index is 1.43. The van der Waals surface area contributed by atoms with Gasteiger partial charge >= 0.3 is 0 Å². The van der Waals surface area contributed by atoms with Crippen molar-refractivity contribution in [2.24, 2.45) is 11.8 Å². The molecule has 1 saturated carbocycles. The third kappa shape index (κ3) is 6.37. The van der Waals surface area contributed by atoms with Gasteiger partial charge in [-0.3, -0.25) is 14.5 Å². The largest absolute Gasteiger partial charge is 0.507 e. The maximum Gasteiger partial charge on any atom is 0.265 e. The lowest BCUT2D eigenvalue weighted by Gasteiger charge is -2.55. The Kier molecular flexibility index (Phi) is 10.3. The number of hydrogen-bond acceptors (Lipinski definition) is 10. The molecule has 0 amide bonds. The second-order valence-corrected chi connectivity index (χ2v) is 21.9. The summed E-state index contributed by atoms with van der Waals surface area (Å²) in [6, 6.07) is 18.1. The Morgan fingerprint density at radius 1 is 0.982 bits per heavy atom. The lowest BCUT2D eigenvalue weighted by Crippen LogP contribution is -2.68. The van der Waals surface area contributed by atoms with Crippen LogP contribution in [0.25, 0.3) is 5.76 Å². The van der Waals surface area contributed by atoms with Gasteiger partial charge in [0, 0.05) is 22.6 Å². The van der Waals surface area contributed by atoms with E-state index in [4.69, 9.17) is 18.4 Å². The molecule has 4 atom stereocenters. The minimum Gasteiger partial charge on any atom is -0.507 e. The van der Waals surface area contributed by atoms with Crippen molar-refractivity contribution in [3.05, 3.63) is 116 Å². The quantitative estimate of drug-likeness (QED) is 0.118. The molecule has 0 bridgehead atoms. The molecular weight excluding hydrogens is 787 g/mol. The first kappa shape index (κ1) is 39.1. The molecule has 3 aliphatic rings. The zero-order valence-electron chi connectivity index (χ0n) is 32.0. The second kappa shape index (κ2) is 14.4. The van der Waals surface area contributed by atoms with Gasteiger partial charge in [-0.25, -0.2) is 4.39 Å². The highest BCUT2D eigenvalue weighted by Crippen LogP contribution is 2.59. The third-order valence-corrected chi connectivity index (χ3v) is 17.1. The van der Waals surface area contributed by atoms with E-state index < -0.39 is 66.6 Å². The van der Waals surface area contributed by atoms with Crippen molar-refractivity contribution < 1.29 is 42.6 Å². The first-order chi connectivity index (χ1) is 26.0. The summed E-state index contributed by atoms with van der Waals surface area (Å²) in [5.74, 6) is -3.74. The smallest absolute Gasteiger partial charge is 0.265 e. The number of nitrogens with zero attached hydrogens (tertiary/aromatic N) is 2. The van der Waals surface area contributed by atoms with Crippen molar-refractivity contribution in [3.8, 4) is 11.6 Å². The van der Waals surface area contributed by atoms with E-state index in [1.165, 1.54) is 0 Å². The van der Waals surface area contributed by atoms with Crippen molar-refractivity contribution in [1.29, 1.82) is 0 Å². The van der Waals surface area contributed by atoms with Crippen molar-refractivity contribution in [2.45, 2.75) is 83.2 Å². The zero-order valence-corrected chi connectivity index (χ0v) is 34.6. The molecule has 55 heavy (non-hydrogen) atoms. The topological polar surface area (TPSA) is 132 Å². The summed E-state index contributed by atoms with van der Waals surface area (Å²) in [7, 11) is 0.700. The number of carbonyl (C=O) groups is 2. The molecule has 7 rings (SSSR count). The highest BCUT2D eigenvalue weighted by Gasteiger charge is 2.69. The normalized spacial score (nSPS) is 22.3. The summed E-state index contributed by atoms with van der Waals surface area (Å²) in [6.45, 7) is 9.58. The van der Waals surface area contributed by atoms with Gasteiger partial charge in [-0.05, 0) is 83.2 Å². The molecule has 10 nitrogen and oxygen atoms in total. The van der Waals surface area contributed by atoms with Gasteiger partial charge in [0.15, 0.2) is 19.7 Å². The standard InChI is InChI=1S/C42H46BrFN2O8Si/c1-41(2,3)55(6,7)54-42-28(34(46(4)5)37-31(39(42)50)40(45-53-37)52-22-24-16-12-9-13-17-24)19-25-18-26-30(35(48)29(25)38(42)49)36(32(43)27(20-47)33(26)44)51-21-23-14-10-8-11-15-23/h8-17,25,28,34,47-48H,18-22H2,1-7H3/t25-,28-,34-,42-/m0/s1. The zero-order chi connectivity index (χ0) is 39.6. The van der Waals surface area contributed by atoms with E-state index in [0.29, 0.717) is 0 Å². The van der Waals surface area contributed by atoms with Crippen LogP contribution in [0, 0.1) is 17.7 Å². The molecule has 0 unspecified atom stereocenters. The van der Waals surface area contributed by atoms with Crippen LogP contribution in [0.3, 0.4) is 0 Å². The molecule has 0 spiro atoms. The van der Waals surface area contributed by atoms with E-state index in [-0.39, 0.29) is 75.7 Å². The summed E-state index contributed by atoms with van der Waals surface area (Å²) in [6.07, 6.45) is 0.169. The van der Waals surface area contributed by atoms with Crippen LogP contribution in [-0.2, 0) is 35.5 Å². The number of ether oxygens (including phenoxy) is 2. The SMILES string of the molecule is CN(C)[C@@H]1c2onc(OCc3ccccc3)c2C(=O)[C@@]2(O[Si](C)(C)C(C)(C)C)C(=O)C3=C(O)c4c(c(F)c(CO)c(Br)c4OCc4ccccc4)C[C@H]3C[C@@H]12. The van der Waals surface area contributed by atoms with Crippen LogP contribution >= 0.6 is 15.9 Å². The fourth-order valence-corrected chi connectivity index (χ4v) is 10.1. The number of aliphatic hydroxyl groups is 2. The molecule has 1 heterocycles. The minimum absolute atomic E-state index is 0.00278. The summed E-state index contributed by atoms with van der Waals surface area (Å²) >= 11 is 3.44. The Hall–Kier alpha value is -4.14. The van der Waals surface area contributed by atoms with E-state index >= 15 is 14.0 Å². The number of halogens is 2. The molecule has 0 radical (unpaired) electrons. The van der Waals surface area contributed by atoms with E-state index in [1.807, 2.05) is 114 Å². The number of hydrogen-bond donors (Lipinski definition) is 2. The number of carbonyl (C=O) groups excluding carboxylic acids is 2. The van der Waals surface area contributed by atoms with Crippen molar-refractivity contribution in [3.63, 3.8) is 0 Å². The van der Waals surface area contributed by atoms with Gasteiger partial charge < -0.3 is 28.6 Å². The van der Waals surface area contributed by atoms with Gasteiger partial charge in [-0.1, -0.05) is 81.4 Å². The van der Waals surface area contributed by atoms with Crippen LogP contribution < -0.4 is 9.47 Å². The van der Waals surface area contributed by atoms with Gasteiger partial charge in [0.2, 0.25) is 11.6 Å². The predicted octanol–water partition coefficient (Wildman–Crippen LogP) is 8.52. The molecule has 1 aromatic heterocycles. The number of ketones is 2. The Bertz CT molecular complexity index is 2180. The van der Waals surface area contributed by atoms with Gasteiger partial charge in [-0.2, -0.15) is 0 Å². The average molecular weight is 834 g/mol. The maximum atomic E-state index is 16.4. The van der Waals surface area contributed by atoms with Gasteiger partial charge in [0.05, 0.1) is 22.7 Å². The fraction of sp³-hybridized carbons (Fsp3) is 0.405. The van der Waals surface area contributed by atoms with Crippen molar-refractivity contribution >= 4 is 41.6 Å². The van der Waals surface area contributed by atoms with Crippen molar-refractivity contribution in [1.82, 2.24) is 10.1 Å². The molecule has 290 valence electrons. The van der Waals surface area contributed by atoms with E-state index in [9.17, 15) is 10.2 Å². The van der Waals surface area contributed by atoms with Gasteiger partial charge in [0.1, 0.15) is 36.1 Å². The number of Topliss-reactive ketones (excluding diaryl/α,β-unsaturated/α-hetero) is 2. The highest BCUT2D eigenvalue weighted by atomic mass is 79.9. The second-order valence-electron chi connectivity index (χ2n) is 16.4. The Morgan fingerprint density at radius 2 is 1.58 bits per heavy atom. The highest BCUT2D eigenvalue weighted by molar-refractivity contribution is 9.10. The fourth-order valence-electron chi connectivity index (χ4n) is 8.06. The van der Waals surface area contributed by atoms with Crippen LogP contribution in [0.2, 0.25) is 18.1 Å². The monoisotopic (exact) mass is 832 g/mol. The van der Waals surface area contributed by atoms with Crippen molar-refractivity contribution in [2.75, 3.05) is 14.1 Å². The summed E-state index contributed by atoms with van der Waals surface area (Å²) in [5.41, 5.74) is -0.343. The van der Waals surface area contributed by atoms with Crippen LogP contribution in [-0.4, -0.2) is 59.8 Å². The summed E-state index contributed by atoms with van der Waals surface area (Å²) in [5, 5.41) is 26.5. The number of benzene rings is 3. The predicted molar refractivity (Wildman–Crippen MR) is 210 cm³/mol. The number of rotatable bonds is 10. The number of fused-ring (bicyclic) bond motifs is 4. The molecule has 1 fully saturated rings. The molecule has 4 aromatic rings. The molecular formula is C42H46BrFN2O8Si. The number of aromatic nitrogens is 1. The van der Waals surface area contributed by atoms with E-state index in [2.05, 4.69) is 21.1 Å². The Labute approximate surface area is 329 Å². The maximum absolute atomic E-state index is 16.4.